The van der Waals surface area contributed by atoms with E-state index in [9.17, 15) is 4.79 Å². The third-order valence-electron chi connectivity index (χ3n) is 2.64. The third kappa shape index (κ3) is 4.02. The van der Waals surface area contributed by atoms with E-state index in [4.69, 9.17) is 9.84 Å². The Morgan fingerprint density at radius 2 is 1.85 bits per heavy atom. The predicted molar refractivity (Wildman–Crippen MR) is 82.6 cm³/mol. The van der Waals surface area contributed by atoms with Gasteiger partial charge in [0.05, 0.1) is 18.0 Å². The average molecular weight is 353 g/mol. The van der Waals surface area contributed by atoms with E-state index in [1.54, 1.807) is 18.9 Å². The quantitative estimate of drug-likeness (QED) is 0.874. The van der Waals surface area contributed by atoms with Crippen LogP contribution in [0.5, 0.6) is 5.75 Å². The molecule has 0 bridgehead atoms. The minimum atomic E-state index is -0.815. The molecule has 0 fully saturated rings. The van der Waals surface area contributed by atoms with E-state index in [0.717, 1.165) is 25.6 Å². The Morgan fingerprint density at radius 3 is 2.40 bits per heavy atom. The van der Waals surface area contributed by atoms with Gasteiger partial charge < -0.3 is 9.84 Å². The first-order valence-corrected chi connectivity index (χ1v) is 7.51. The van der Waals surface area contributed by atoms with E-state index < -0.39 is 5.97 Å². The van der Waals surface area contributed by atoms with Gasteiger partial charge in [0.2, 0.25) is 0 Å². The number of carbonyl (C=O) groups is 1. The maximum atomic E-state index is 10.6. The molecule has 0 aliphatic rings. The molecular formula is C15H13BrO3S. The lowest BCUT2D eigenvalue weighted by molar-refractivity contribution is -0.136. The Morgan fingerprint density at radius 1 is 1.20 bits per heavy atom. The van der Waals surface area contributed by atoms with Crippen LogP contribution in [0, 0.1) is 0 Å². The molecule has 0 heterocycles. The van der Waals surface area contributed by atoms with E-state index in [0.29, 0.717) is 0 Å². The molecule has 0 aliphatic carbocycles. The fraction of sp³-hybridized carbons (Fsp3) is 0.133. The SMILES string of the molecule is COc1ccc(Sc2ccc(CC(=O)O)cc2)cc1Br. The summed E-state index contributed by atoms with van der Waals surface area (Å²) in [6, 6.07) is 13.4. The smallest absolute Gasteiger partial charge is 0.307 e. The summed E-state index contributed by atoms with van der Waals surface area (Å²) in [5.41, 5.74) is 0.803. The molecule has 0 atom stereocenters. The second kappa shape index (κ2) is 6.81. The molecule has 0 radical (unpaired) electrons. The highest BCUT2D eigenvalue weighted by molar-refractivity contribution is 9.10. The van der Waals surface area contributed by atoms with Gasteiger partial charge in [-0.3, -0.25) is 4.79 Å². The normalized spacial score (nSPS) is 10.3. The molecule has 0 saturated heterocycles. The third-order valence-corrected chi connectivity index (χ3v) is 4.25. The zero-order valence-corrected chi connectivity index (χ0v) is 13.2. The zero-order valence-electron chi connectivity index (χ0n) is 10.8. The molecule has 0 aliphatic heterocycles. The fourth-order valence-electron chi connectivity index (χ4n) is 1.70. The predicted octanol–water partition coefficient (Wildman–Crippen LogP) is 4.24. The Bertz CT molecular complexity index is 611. The van der Waals surface area contributed by atoms with Crippen molar-refractivity contribution in [2.45, 2.75) is 16.2 Å². The van der Waals surface area contributed by atoms with Crippen LogP contribution in [0.25, 0.3) is 0 Å². The molecule has 0 saturated carbocycles. The lowest BCUT2D eigenvalue weighted by atomic mass is 10.2. The molecular weight excluding hydrogens is 340 g/mol. The number of ether oxygens (including phenoxy) is 1. The van der Waals surface area contributed by atoms with Crippen molar-refractivity contribution in [1.82, 2.24) is 0 Å². The van der Waals surface area contributed by atoms with Gasteiger partial charge in [-0.25, -0.2) is 0 Å². The first kappa shape index (κ1) is 14.9. The van der Waals surface area contributed by atoms with Gasteiger partial charge in [0, 0.05) is 9.79 Å². The fourth-order valence-corrected chi connectivity index (χ4v) is 3.25. The van der Waals surface area contributed by atoms with Crippen molar-refractivity contribution >= 4 is 33.7 Å². The van der Waals surface area contributed by atoms with Gasteiger partial charge in [0.15, 0.2) is 0 Å². The van der Waals surface area contributed by atoms with Gasteiger partial charge in [0.25, 0.3) is 0 Å². The van der Waals surface area contributed by atoms with Crippen molar-refractivity contribution in [1.29, 1.82) is 0 Å². The summed E-state index contributed by atoms with van der Waals surface area (Å²) in [5.74, 6) is -0.0179. The number of rotatable bonds is 5. The molecule has 0 spiro atoms. The Kier molecular flexibility index (Phi) is 5.09. The van der Waals surface area contributed by atoms with Crippen molar-refractivity contribution in [3.05, 3.63) is 52.5 Å². The summed E-state index contributed by atoms with van der Waals surface area (Å²) in [5, 5.41) is 8.73. The second-order valence-corrected chi connectivity index (χ2v) is 6.11. The summed E-state index contributed by atoms with van der Waals surface area (Å²) in [6.45, 7) is 0. The van der Waals surface area contributed by atoms with Crippen LogP contribution >= 0.6 is 27.7 Å². The maximum absolute atomic E-state index is 10.6. The van der Waals surface area contributed by atoms with Crippen LogP contribution in [0.4, 0.5) is 0 Å². The largest absolute Gasteiger partial charge is 0.496 e. The molecule has 20 heavy (non-hydrogen) atoms. The summed E-state index contributed by atoms with van der Waals surface area (Å²) in [4.78, 5) is 12.8. The van der Waals surface area contributed by atoms with Gasteiger partial charge in [-0.15, -0.1) is 0 Å². The van der Waals surface area contributed by atoms with Crippen LogP contribution in [-0.4, -0.2) is 18.2 Å². The number of aliphatic carboxylic acids is 1. The van der Waals surface area contributed by atoms with Crippen LogP contribution < -0.4 is 4.74 Å². The number of hydrogen-bond acceptors (Lipinski definition) is 3. The highest BCUT2D eigenvalue weighted by atomic mass is 79.9. The lowest BCUT2D eigenvalue weighted by Crippen LogP contribution is -1.99. The van der Waals surface area contributed by atoms with Crippen molar-refractivity contribution in [3.8, 4) is 5.75 Å². The Balaban J connectivity index is 2.10. The first-order valence-electron chi connectivity index (χ1n) is 5.90. The number of halogens is 1. The van der Waals surface area contributed by atoms with Gasteiger partial charge in [0.1, 0.15) is 5.75 Å². The molecule has 0 aromatic heterocycles. The van der Waals surface area contributed by atoms with E-state index in [-0.39, 0.29) is 6.42 Å². The number of benzene rings is 2. The van der Waals surface area contributed by atoms with Crippen LogP contribution in [0.1, 0.15) is 5.56 Å². The molecule has 0 unspecified atom stereocenters. The van der Waals surface area contributed by atoms with E-state index >= 15 is 0 Å². The summed E-state index contributed by atoms with van der Waals surface area (Å²) in [7, 11) is 1.63. The van der Waals surface area contributed by atoms with Crippen molar-refractivity contribution in [2.24, 2.45) is 0 Å². The average Bonchev–Trinajstić information content (AvgIpc) is 2.41. The minimum Gasteiger partial charge on any atom is -0.496 e. The van der Waals surface area contributed by atoms with E-state index in [1.807, 2.05) is 42.5 Å². The molecule has 1 N–H and O–H groups in total. The molecule has 104 valence electrons. The Hall–Kier alpha value is -1.46. The summed E-state index contributed by atoms with van der Waals surface area (Å²) >= 11 is 5.07. The molecule has 2 aromatic carbocycles. The van der Waals surface area contributed by atoms with Crippen molar-refractivity contribution in [2.75, 3.05) is 7.11 Å². The molecule has 0 amide bonds. The molecule has 2 aromatic rings. The minimum absolute atomic E-state index is 0.0546. The van der Waals surface area contributed by atoms with Crippen molar-refractivity contribution < 1.29 is 14.6 Å². The van der Waals surface area contributed by atoms with Crippen LogP contribution in [0.15, 0.2) is 56.7 Å². The van der Waals surface area contributed by atoms with Crippen molar-refractivity contribution in [3.63, 3.8) is 0 Å². The van der Waals surface area contributed by atoms with Gasteiger partial charge in [-0.1, -0.05) is 23.9 Å². The van der Waals surface area contributed by atoms with Crippen LogP contribution in [0.3, 0.4) is 0 Å². The standard InChI is InChI=1S/C15H13BrO3S/c1-19-14-7-6-12(9-13(14)16)20-11-4-2-10(3-5-11)8-15(17)18/h2-7,9H,8H2,1H3,(H,17,18). The van der Waals surface area contributed by atoms with E-state index in [2.05, 4.69) is 15.9 Å². The van der Waals surface area contributed by atoms with E-state index in [1.165, 1.54) is 0 Å². The summed E-state index contributed by atoms with van der Waals surface area (Å²) < 4.78 is 6.10. The number of carboxylic acids is 1. The second-order valence-electron chi connectivity index (χ2n) is 4.11. The van der Waals surface area contributed by atoms with Crippen LogP contribution in [0.2, 0.25) is 0 Å². The lowest BCUT2D eigenvalue weighted by Gasteiger charge is -2.06. The monoisotopic (exact) mass is 352 g/mol. The number of methoxy groups -OCH3 is 1. The Labute approximate surface area is 130 Å². The maximum Gasteiger partial charge on any atom is 0.307 e. The van der Waals surface area contributed by atoms with Gasteiger partial charge >= 0.3 is 5.97 Å². The number of hydrogen-bond donors (Lipinski definition) is 1. The number of carboxylic acid groups (broad SMARTS) is 1. The highest BCUT2D eigenvalue weighted by Crippen LogP contribution is 2.33. The van der Waals surface area contributed by atoms with Gasteiger partial charge in [-0.05, 0) is 51.8 Å². The first-order chi connectivity index (χ1) is 9.58. The molecule has 3 nitrogen and oxygen atoms in total. The summed E-state index contributed by atoms with van der Waals surface area (Å²) in [6.07, 6.45) is 0.0546. The highest BCUT2D eigenvalue weighted by Gasteiger charge is 2.04. The topological polar surface area (TPSA) is 46.5 Å². The molecule has 5 heteroatoms. The molecule has 2 rings (SSSR count). The van der Waals surface area contributed by atoms with Crippen LogP contribution in [-0.2, 0) is 11.2 Å². The van der Waals surface area contributed by atoms with Gasteiger partial charge in [-0.2, -0.15) is 0 Å². The zero-order chi connectivity index (χ0) is 14.5.